The second-order valence-corrected chi connectivity index (χ2v) is 7.32. The van der Waals surface area contributed by atoms with Gasteiger partial charge in [-0.15, -0.1) is 0 Å². The van der Waals surface area contributed by atoms with Crippen LogP contribution in [0.1, 0.15) is 28.3 Å². The van der Waals surface area contributed by atoms with Crippen molar-refractivity contribution in [2.75, 3.05) is 13.2 Å². The van der Waals surface area contributed by atoms with E-state index in [-0.39, 0.29) is 0 Å². The number of nitrogens with zero attached hydrogens (tertiary/aromatic N) is 3. The Bertz CT molecular complexity index is 871. The van der Waals surface area contributed by atoms with E-state index in [9.17, 15) is 0 Å². The van der Waals surface area contributed by atoms with Gasteiger partial charge < -0.3 is 14.6 Å². The summed E-state index contributed by atoms with van der Waals surface area (Å²) in [6.07, 6.45) is 2.82. The Morgan fingerprint density at radius 3 is 2.81 bits per heavy atom. The van der Waals surface area contributed by atoms with Gasteiger partial charge in [0, 0.05) is 42.2 Å². The Labute approximate surface area is 159 Å². The fourth-order valence-corrected chi connectivity index (χ4v) is 3.61. The molecule has 2 atom stereocenters. The Morgan fingerprint density at radius 2 is 2.04 bits per heavy atom. The topological polar surface area (TPSA) is 65.1 Å². The molecule has 0 aliphatic carbocycles. The summed E-state index contributed by atoms with van der Waals surface area (Å²) in [7, 11) is 0. The van der Waals surface area contributed by atoms with Crippen LogP contribution in [0, 0.1) is 19.8 Å². The van der Waals surface area contributed by atoms with Crippen LogP contribution in [-0.4, -0.2) is 34.2 Å². The second kappa shape index (κ2) is 8.06. The molecule has 0 unspecified atom stereocenters. The highest BCUT2D eigenvalue weighted by Gasteiger charge is 2.29. The number of ether oxygens (including phenoxy) is 1. The van der Waals surface area contributed by atoms with Crippen LogP contribution in [0.3, 0.4) is 0 Å². The van der Waals surface area contributed by atoms with Crippen molar-refractivity contribution in [3.8, 4) is 0 Å². The predicted molar refractivity (Wildman–Crippen MR) is 102 cm³/mol. The molecule has 0 amide bonds. The van der Waals surface area contributed by atoms with Crippen LogP contribution in [0.5, 0.6) is 0 Å². The van der Waals surface area contributed by atoms with E-state index in [1.54, 1.807) is 0 Å². The quantitative estimate of drug-likeness (QED) is 0.696. The van der Waals surface area contributed by atoms with Crippen molar-refractivity contribution in [3.63, 3.8) is 0 Å². The van der Waals surface area contributed by atoms with Crippen LogP contribution in [0.25, 0.3) is 0 Å². The minimum absolute atomic E-state index is 0.312. The van der Waals surface area contributed by atoms with Crippen molar-refractivity contribution in [3.05, 3.63) is 70.9 Å². The molecule has 6 nitrogen and oxygen atoms in total. The molecule has 0 bridgehead atoms. The molecule has 1 N–H and O–H groups in total. The Balaban J connectivity index is 1.35. The SMILES string of the molecule is Cc1cc(C[C@@H]2COC[C@H]2NCc2cnn(Cc3ccccc3)c2C)on1. The molecule has 0 saturated carbocycles. The Hall–Kier alpha value is -2.44. The zero-order valence-corrected chi connectivity index (χ0v) is 15.9. The van der Waals surface area contributed by atoms with E-state index in [2.05, 4.69) is 51.4 Å². The van der Waals surface area contributed by atoms with Gasteiger partial charge in [0.1, 0.15) is 5.76 Å². The van der Waals surface area contributed by atoms with Gasteiger partial charge in [-0.2, -0.15) is 5.10 Å². The molecule has 1 saturated heterocycles. The summed E-state index contributed by atoms with van der Waals surface area (Å²) in [5, 5.41) is 12.2. The summed E-state index contributed by atoms with van der Waals surface area (Å²) in [5.41, 5.74) is 4.62. The summed E-state index contributed by atoms with van der Waals surface area (Å²) < 4.78 is 13.1. The third-order valence-electron chi connectivity index (χ3n) is 5.27. The fourth-order valence-electron chi connectivity index (χ4n) is 3.61. The maximum absolute atomic E-state index is 5.71. The second-order valence-electron chi connectivity index (χ2n) is 7.32. The molecule has 6 heteroatoms. The van der Waals surface area contributed by atoms with Gasteiger partial charge in [0.15, 0.2) is 0 Å². The summed E-state index contributed by atoms with van der Waals surface area (Å²) >= 11 is 0. The number of benzene rings is 1. The van der Waals surface area contributed by atoms with Crippen LogP contribution in [-0.2, 0) is 24.2 Å². The average Bonchev–Trinajstić information content (AvgIpc) is 3.38. The Morgan fingerprint density at radius 1 is 1.19 bits per heavy atom. The van der Waals surface area contributed by atoms with Crippen LogP contribution >= 0.6 is 0 Å². The van der Waals surface area contributed by atoms with Crippen molar-refractivity contribution in [1.82, 2.24) is 20.3 Å². The molecule has 1 aliphatic rings. The molecule has 1 fully saturated rings. The van der Waals surface area contributed by atoms with E-state index >= 15 is 0 Å². The van der Waals surface area contributed by atoms with Crippen LogP contribution in [0.2, 0.25) is 0 Å². The van der Waals surface area contributed by atoms with Crippen LogP contribution in [0.4, 0.5) is 0 Å². The van der Waals surface area contributed by atoms with Crippen LogP contribution < -0.4 is 5.32 Å². The molecule has 1 aromatic carbocycles. The Kier molecular flexibility index (Phi) is 5.36. The molecule has 27 heavy (non-hydrogen) atoms. The van der Waals surface area contributed by atoms with Crippen molar-refractivity contribution in [2.24, 2.45) is 5.92 Å². The van der Waals surface area contributed by atoms with Crippen molar-refractivity contribution >= 4 is 0 Å². The highest BCUT2D eigenvalue weighted by atomic mass is 16.5. The predicted octanol–water partition coefficient (Wildman–Crippen LogP) is 2.88. The van der Waals surface area contributed by atoms with Gasteiger partial charge >= 0.3 is 0 Å². The molecule has 142 valence electrons. The summed E-state index contributed by atoms with van der Waals surface area (Å²) in [6, 6.07) is 12.7. The number of rotatable bonds is 7. The van der Waals surface area contributed by atoms with Crippen molar-refractivity contribution in [2.45, 2.75) is 39.4 Å². The minimum Gasteiger partial charge on any atom is -0.379 e. The number of hydrogen-bond donors (Lipinski definition) is 1. The lowest BCUT2D eigenvalue weighted by molar-refractivity contribution is 0.181. The first-order chi connectivity index (χ1) is 13.2. The van der Waals surface area contributed by atoms with Crippen molar-refractivity contribution in [1.29, 1.82) is 0 Å². The molecule has 3 aromatic rings. The standard InChI is InChI=1S/C21H26N4O2/c1-15-8-20(27-24-15)9-18-13-26-14-21(18)22-10-19-11-23-25(16(19)2)12-17-6-4-3-5-7-17/h3-8,11,18,21-22H,9-10,12-14H2,1-2H3/t18-,21-/m1/s1. The van der Waals surface area contributed by atoms with Crippen molar-refractivity contribution < 1.29 is 9.26 Å². The lowest BCUT2D eigenvalue weighted by Crippen LogP contribution is -2.36. The van der Waals surface area contributed by atoms with Gasteiger partial charge in [0.25, 0.3) is 0 Å². The summed E-state index contributed by atoms with van der Waals surface area (Å²) in [6.45, 7) is 7.16. The van der Waals surface area contributed by atoms with Gasteiger partial charge in [0.05, 0.1) is 31.6 Å². The minimum atomic E-state index is 0.312. The van der Waals surface area contributed by atoms with E-state index in [1.165, 1.54) is 16.8 Å². The average molecular weight is 366 g/mol. The van der Waals surface area contributed by atoms with E-state index < -0.39 is 0 Å². The first-order valence-electron chi connectivity index (χ1n) is 9.47. The van der Waals surface area contributed by atoms with Gasteiger partial charge in [-0.25, -0.2) is 0 Å². The maximum Gasteiger partial charge on any atom is 0.137 e. The van der Waals surface area contributed by atoms with E-state index in [0.29, 0.717) is 12.0 Å². The highest BCUT2D eigenvalue weighted by Crippen LogP contribution is 2.20. The smallest absolute Gasteiger partial charge is 0.137 e. The molecule has 1 aliphatic heterocycles. The van der Waals surface area contributed by atoms with Gasteiger partial charge in [-0.3, -0.25) is 4.68 Å². The number of nitrogens with one attached hydrogen (secondary N) is 1. The van der Waals surface area contributed by atoms with Gasteiger partial charge in [0.2, 0.25) is 0 Å². The fraction of sp³-hybridized carbons (Fsp3) is 0.429. The number of aromatic nitrogens is 3. The monoisotopic (exact) mass is 366 g/mol. The first-order valence-corrected chi connectivity index (χ1v) is 9.47. The summed E-state index contributed by atoms with van der Waals surface area (Å²) in [4.78, 5) is 0. The molecule has 0 radical (unpaired) electrons. The van der Waals surface area contributed by atoms with E-state index in [1.807, 2.05) is 25.3 Å². The lowest BCUT2D eigenvalue weighted by Gasteiger charge is -2.18. The zero-order chi connectivity index (χ0) is 18.6. The third-order valence-corrected chi connectivity index (χ3v) is 5.27. The van der Waals surface area contributed by atoms with E-state index in [4.69, 9.17) is 9.26 Å². The van der Waals surface area contributed by atoms with E-state index in [0.717, 1.165) is 44.2 Å². The zero-order valence-electron chi connectivity index (χ0n) is 15.9. The highest BCUT2D eigenvalue weighted by molar-refractivity contribution is 5.20. The molecular formula is C21H26N4O2. The molecule has 3 heterocycles. The van der Waals surface area contributed by atoms with Gasteiger partial charge in [-0.1, -0.05) is 35.5 Å². The molecular weight excluding hydrogens is 340 g/mol. The lowest BCUT2D eigenvalue weighted by atomic mass is 9.98. The number of aryl methyl sites for hydroxylation is 1. The maximum atomic E-state index is 5.71. The number of hydrogen-bond acceptors (Lipinski definition) is 5. The molecule has 4 rings (SSSR count). The molecule has 0 spiro atoms. The first kappa shape index (κ1) is 17.9. The summed E-state index contributed by atoms with van der Waals surface area (Å²) in [5.74, 6) is 1.33. The van der Waals surface area contributed by atoms with Crippen LogP contribution in [0.15, 0.2) is 47.1 Å². The normalized spacial score (nSPS) is 19.6. The molecule has 2 aromatic heterocycles. The third kappa shape index (κ3) is 4.28. The largest absolute Gasteiger partial charge is 0.379 e. The van der Waals surface area contributed by atoms with Gasteiger partial charge in [-0.05, 0) is 19.4 Å².